The fourth-order valence-corrected chi connectivity index (χ4v) is 6.81. The molecular formula is C36H56N6O7S. The molecular weight excluding hydrogens is 660 g/mol. The van der Waals surface area contributed by atoms with Crippen LogP contribution in [0.2, 0.25) is 0 Å². The molecule has 0 spiro atoms. The number of benzene rings is 1. The van der Waals surface area contributed by atoms with Gasteiger partial charge in [0.15, 0.2) is 0 Å². The number of carbonyl (C=O) groups excluding carboxylic acids is 3. The summed E-state index contributed by atoms with van der Waals surface area (Å²) in [6.07, 6.45) is 1.43. The van der Waals surface area contributed by atoms with Crippen LogP contribution in [0, 0.1) is 17.8 Å². The van der Waals surface area contributed by atoms with E-state index in [0.29, 0.717) is 72.3 Å². The smallest absolute Gasteiger partial charge is 0.246 e. The second kappa shape index (κ2) is 19.6. The number of thiazole rings is 1. The lowest BCUT2D eigenvalue weighted by molar-refractivity contribution is -0.144. The van der Waals surface area contributed by atoms with Crippen molar-refractivity contribution in [2.75, 3.05) is 79.0 Å². The van der Waals surface area contributed by atoms with Crippen LogP contribution in [0.3, 0.4) is 0 Å². The Morgan fingerprint density at radius 1 is 1.02 bits per heavy atom. The average Bonchev–Trinajstić information content (AvgIpc) is 3.74. The van der Waals surface area contributed by atoms with Gasteiger partial charge in [0.05, 0.1) is 68.9 Å². The summed E-state index contributed by atoms with van der Waals surface area (Å²) in [4.78, 5) is 47.4. The maximum Gasteiger partial charge on any atom is 0.246 e. The molecule has 2 aliphatic rings. The Labute approximate surface area is 300 Å². The van der Waals surface area contributed by atoms with Crippen molar-refractivity contribution in [3.05, 3.63) is 41.0 Å². The molecule has 2 saturated heterocycles. The Morgan fingerprint density at radius 3 is 2.28 bits per heavy atom. The number of aromatic nitrogens is 1. The Bertz CT molecular complexity index is 1360. The fourth-order valence-electron chi connectivity index (χ4n) is 6.00. The fraction of sp³-hybridized carbons (Fsp3) is 0.667. The van der Waals surface area contributed by atoms with E-state index in [2.05, 4.69) is 20.9 Å². The molecule has 1 aromatic heterocycles. The minimum absolute atomic E-state index is 0.121. The van der Waals surface area contributed by atoms with Gasteiger partial charge in [0.2, 0.25) is 17.7 Å². The number of hydrogen-bond acceptors (Lipinski definition) is 11. The maximum atomic E-state index is 13.9. The predicted octanol–water partition coefficient (Wildman–Crippen LogP) is 2.26. The number of amides is 3. The van der Waals surface area contributed by atoms with Crippen LogP contribution in [0.15, 0.2) is 29.8 Å². The van der Waals surface area contributed by atoms with Crippen LogP contribution < -0.4 is 21.7 Å². The highest BCUT2D eigenvalue weighted by Gasteiger charge is 2.42. The molecule has 2 aliphatic heterocycles. The van der Waals surface area contributed by atoms with Gasteiger partial charge in [-0.15, -0.1) is 11.3 Å². The average molecular weight is 717 g/mol. The first-order chi connectivity index (χ1) is 24.0. The highest BCUT2D eigenvalue weighted by Crippen LogP contribution is 2.28. The van der Waals surface area contributed by atoms with E-state index in [9.17, 15) is 14.4 Å². The van der Waals surface area contributed by atoms with Gasteiger partial charge in [0, 0.05) is 44.6 Å². The van der Waals surface area contributed by atoms with E-state index in [0.717, 1.165) is 41.2 Å². The summed E-state index contributed by atoms with van der Waals surface area (Å²) in [6, 6.07) is 6.71. The van der Waals surface area contributed by atoms with Gasteiger partial charge in [-0.1, -0.05) is 45.0 Å². The van der Waals surface area contributed by atoms with Gasteiger partial charge in [-0.05, 0) is 36.3 Å². The Morgan fingerprint density at radius 2 is 1.68 bits per heavy atom. The lowest BCUT2D eigenvalue weighted by Gasteiger charge is -2.42. The monoisotopic (exact) mass is 716 g/mol. The molecule has 0 bridgehead atoms. The SMILES string of the molecule is Cc1ncsc1-c1ccc(CNC(=O)[C@@H]2CCCN2C(=O)C(NC(=O)CCOCC2(COCCOCCOCCN)CNC2)C(C)(C)C)cc1. The molecule has 3 heterocycles. The quantitative estimate of drug-likeness (QED) is 0.141. The van der Waals surface area contributed by atoms with E-state index < -0.39 is 17.5 Å². The van der Waals surface area contributed by atoms with Crippen LogP contribution >= 0.6 is 11.3 Å². The number of nitrogens with zero attached hydrogens (tertiary/aromatic N) is 2. The van der Waals surface area contributed by atoms with E-state index in [1.165, 1.54) is 0 Å². The van der Waals surface area contributed by atoms with Crippen molar-refractivity contribution in [3.63, 3.8) is 0 Å². The van der Waals surface area contributed by atoms with Gasteiger partial charge < -0.3 is 45.5 Å². The molecule has 2 atom stereocenters. The van der Waals surface area contributed by atoms with Crippen LogP contribution in [0.4, 0.5) is 0 Å². The maximum absolute atomic E-state index is 13.9. The summed E-state index contributed by atoms with van der Waals surface area (Å²) >= 11 is 1.60. The molecule has 50 heavy (non-hydrogen) atoms. The molecule has 2 aromatic rings. The number of likely N-dealkylation sites (tertiary alicyclic amines) is 1. The molecule has 0 aliphatic carbocycles. The number of nitrogens with two attached hydrogens (primary N) is 1. The highest BCUT2D eigenvalue weighted by molar-refractivity contribution is 7.13. The number of aryl methyl sites for hydroxylation is 1. The van der Waals surface area contributed by atoms with Crippen LogP contribution in [0.25, 0.3) is 10.4 Å². The number of rotatable bonds is 21. The van der Waals surface area contributed by atoms with E-state index in [4.69, 9.17) is 24.7 Å². The van der Waals surface area contributed by atoms with Crippen LogP contribution in [-0.2, 0) is 39.9 Å². The molecule has 278 valence electrons. The zero-order chi connectivity index (χ0) is 36.0. The standard InChI is InChI=1S/C36H56N6O7S/c1-26-31(50-25-40-26)28-9-7-27(8-10-28)20-39-33(44)29-6-5-13-42(29)34(45)32(35(2,3)4)41-30(43)11-14-48-23-36(21-38-22-36)24-49-19-18-47-17-16-46-15-12-37/h7-10,25,29,32,38H,5-6,11-24,37H2,1-4H3,(H,39,44)(H,41,43)/t29-,32?/m0/s1. The zero-order valence-corrected chi connectivity index (χ0v) is 30.9. The number of ether oxygens (including phenoxy) is 4. The second-order valence-electron chi connectivity index (χ2n) is 14.2. The molecule has 3 amide bonds. The molecule has 0 radical (unpaired) electrons. The minimum atomic E-state index is -0.781. The number of hydrogen-bond donors (Lipinski definition) is 4. The van der Waals surface area contributed by atoms with Gasteiger partial charge in [-0.3, -0.25) is 14.4 Å². The van der Waals surface area contributed by atoms with Crippen LogP contribution in [0.5, 0.6) is 0 Å². The van der Waals surface area contributed by atoms with Crippen molar-refractivity contribution in [3.8, 4) is 10.4 Å². The van der Waals surface area contributed by atoms with Gasteiger partial charge in [-0.2, -0.15) is 0 Å². The van der Waals surface area contributed by atoms with Gasteiger partial charge in [-0.25, -0.2) is 4.98 Å². The third-order valence-electron chi connectivity index (χ3n) is 8.98. The van der Waals surface area contributed by atoms with Crippen molar-refractivity contribution < 1.29 is 33.3 Å². The van der Waals surface area contributed by atoms with Crippen LogP contribution in [-0.4, -0.2) is 119 Å². The lowest BCUT2D eigenvalue weighted by Crippen LogP contribution is -2.59. The van der Waals surface area contributed by atoms with Gasteiger partial charge in [0.25, 0.3) is 0 Å². The first-order valence-electron chi connectivity index (χ1n) is 17.6. The van der Waals surface area contributed by atoms with E-state index in [1.54, 1.807) is 16.2 Å². The largest absolute Gasteiger partial charge is 0.380 e. The van der Waals surface area contributed by atoms with E-state index in [-0.39, 0.29) is 36.2 Å². The minimum Gasteiger partial charge on any atom is -0.380 e. The summed E-state index contributed by atoms with van der Waals surface area (Å²) in [6.45, 7) is 14.4. The summed E-state index contributed by atoms with van der Waals surface area (Å²) in [5.74, 6) is -0.688. The van der Waals surface area contributed by atoms with E-state index >= 15 is 0 Å². The third-order valence-corrected chi connectivity index (χ3v) is 9.96. The first-order valence-corrected chi connectivity index (χ1v) is 18.5. The zero-order valence-electron chi connectivity index (χ0n) is 30.1. The summed E-state index contributed by atoms with van der Waals surface area (Å²) < 4.78 is 22.6. The molecule has 14 heteroatoms. The van der Waals surface area contributed by atoms with E-state index in [1.807, 2.05) is 57.5 Å². The Hall–Kier alpha value is -2.98. The van der Waals surface area contributed by atoms with Crippen molar-refractivity contribution in [2.45, 2.75) is 65.6 Å². The molecule has 2 fully saturated rings. The molecule has 0 saturated carbocycles. The summed E-state index contributed by atoms with van der Waals surface area (Å²) in [5.41, 5.74) is 9.60. The second-order valence-corrected chi connectivity index (χ2v) is 15.1. The van der Waals surface area contributed by atoms with Crippen molar-refractivity contribution in [1.82, 2.24) is 25.8 Å². The Balaban J connectivity index is 1.19. The normalized spacial score (nSPS) is 17.7. The van der Waals surface area contributed by atoms with Crippen molar-refractivity contribution in [1.29, 1.82) is 0 Å². The number of carbonyl (C=O) groups is 3. The van der Waals surface area contributed by atoms with Crippen molar-refractivity contribution in [2.24, 2.45) is 16.6 Å². The topological polar surface area (TPSA) is 166 Å². The third kappa shape index (κ3) is 11.8. The molecule has 5 N–H and O–H groups in total. The molecule has 4 rings (SSSR count). The first kappa shape index (κ1) is 39.8. The number of nitrogens with one attached hydrogen (secondary N) is 3. The predicted molar refractivity (Wildman–Crippen MR) is 193 cm³/mol. The van der Waals surface area contributed by atoms with Crippen molar-refractivity contribution >= 4 is 29.1 Å². The highest BCUT2D eigenvalue weighted by atomic mass is 32.1. The summed E-state index contributed by atoms with van der Waals surface area (Å²) in [5, 5.41) is 9.26. The molecule has 1 aromatic carbocycles. The van der Waals surface area contributed by atoms with Gasteiger partial charge >= 0.3 is 0 Å². The summed E-state index contributed by atoms with van der Waals surface area (Å²) in [7, 11) is 0. The lowest BCUT2D eigenvalue weighted by atomic mass is 9.83. The van der Waals surface area contributed by atoms with Crippen LogP contribution in [0.1, 0.15) is 51.3 Å². The van der Waals surface area contributed by atoms with Gasteiger partial charge in [0.1, 0.15) is 12.1 Å². The molecule has 13 nitrogen and oxygen atoms in total. The molecule has 1 unspecified atom stereocenters. The Kier molecular flexibility index (Phi) is 15.6.